The van der Waals surface area contributed by atoms with Crippen LogP contribution in [-0.2, 0) is 38.0 Å². The summed E-state index contributed by atoms with van der Waals surface area (Å²) in [6, 6.07) is 40.8. The molecule has 5 heterocycles. The number of imidazole rings is 1. The minimum absolute atomic E-state index is 0. The van der Waals surface area contributed by atoms with Crippen molar-refractivity contribution in [2.75, 3.05) is 0 Å². The summed E-state index contributed by atoms with van der Waals surface area (Å²) in [5.74, 6) is 0.820. The van der Waals surface area contributed by atoms with Crippen LogP contribution in [0, 0.1) is 12.1 Å². The number of fused-ring (bicyclic) bond motifs is 4. The molecule has 6 nitrogen and oxygen atoms in total. The Hall–Kier alpha value is -4.97. The van der Waals surface area contributed by atoms with Crippen LogP contribution in [0.5, 0.6) is 0 Å². The van der Waals surface area contributed by atoms with E-state index in [-0.39, 0.29) is 30.9 Å². The van der Waals surface area contributed by atoms with Gasteiger partial charge in [0.05, 0.1) is 33.8 Å². The third kappa shape index (κ3) is 6.89. The van der Waals surface area contributed by atoms with Gasteiger partial charge in [0.2, 0.25) is 5.71 Å². The molecular weight excluding hydrogens is 795 g/mol. The Kier molecular flexibility index (Phi) is 9.58. The second-order valence-electron chi connectivity index (χ2n) is 14.3. The number of benzene rings is 3. The normalized spacial score (nSPS) is 11.7. The van der Waals surface area contributed by atoms with Crippen LogP contribution in [-0.4, -0.2) is 24.5 Å². The van der Waals surface area contributed by atoms with Gasteiger partial charge in [-0.15, -0.1) is 54.1 Å². The van der Waals surface area contributed by atoms with Crippen LogP contribution in [0.15, 0.2) is 114 Å². The molecule has 0 aliphatic rings. The van der Waals surface area contributed by atoms with E-state index >= 15 is 0 Å². The second-order valence-corrected chi connectivity index (χ2v) is 14.3. The van der Waals surface area contributed by atoms with Crippen molar-refractivity contribution >= 4 is 33.1 Å². The van der Waals surface area contributed by atoms with Crippen molar-refractivity contribution in [2.45, 2.75) is 52.4 Å². The molecule has 50 heavy (non-hydrogen) atoms. The molecule has 3 aromatic carbocycles. The summed E-state index contributed by atoms with van der Waals surface area (Å²) in [6.45, 7) is 13.3. The van der Waals surface area contributed by atoms with Gasteiger partial charge in [0.1, 0.15) is 0 Å². The number of rotatable bonds is 3. The minimum Gasteiger partial charge on any atom is -0.486 e. The van der Waals surface area contributed by atoms with E-state index < -0.39 is 0 Å². The van der Waals surface area contributed by atoms with Gasteiger partial charge in [0.25, 0.3) is 0 Å². The van der Waals surface area contributed by atoms with Crippen molar-refractivity contribution in [3.8, 4) is 34.0 Å². The summed E-state index contributed by atoms with van der Waals surface area (Å²) in [6.07, 6.45) is 1.79. The SMILES string of the molecule is Cn1c(-c2[c-]ccc3c2oc2nc(-c4cc(C(C)(C)C)cc(C(C)(C)C)n4)ccc23)nc2ccccc21.[Ir].[c-]1ccccc1-c1ccccn1. The molecule has 0 fully saturated rings. The Bertz CT molecular complexity index is 2350. The van der Waals surface area contributed by atoms with Gasteiger partial charge in [-0.3, -0.25) is 9.97 Å². The largest absolute Gasteiger partial charge is 0.486 e. The quantitative estimate of drug-likeness (QED) is 0.166. The number of hydrogen-bond acceptors (Lipinski definition) is 5. The van der Waals surface area contributed by atoms with Crippen LogP contribution in [0.25, 0.3) is 67.1 Å². The third-order valence-corrected chi connectivity index (χ3v) is 8.68. The molecule has 0 N–H and O–H groups in total. The van der Waals surface area contributed by atoms with Gasteiger partial charge in [-0.2, -0.15) is 0 Å². The molecule has 1 radical (unpaired) electrons. The van der Waals surface area contributed by atoms with Gasteiger partial charge in [-0.05, 0) is 59.1 Å². The Balaban J connectivity index is 0.000000281. The van der Waals surface area contributed by atoms with E-state index in [1.54, 1.807) is 6.20 Å². The molecule has 0 unspecified atom stereocenters. The van der Waals surface area contributed by atoms with Crippen molar-refractivity contribution in [3.05, 3.63) is 133 Å². The first kappa shape index (κ1) is 34.9. The number of para-hydroxylation sites is 2. The predicted molar refractivity (Wildman–Crippen MR) is 199 cm³/mol. The van der Waals surface area contributed by atoms with Gasteiger partial charge in [-0.25, -0.2) is 4.98 Å². The third-order valence-electron chi connectivity index (χ3n) is 8.68. The molecule has 0 aliphatic heterocycles. The van der Waals surface area contributed by atoms with Crippen LogP contribution in [0.1, 0.15) is 52.8 Å². The molecule has 0 saturated heterocycles. The summed E-state index contributed by atoms with van der Waals surface area (Å²) >= 11 is 0. The summed E-state index contributed by atoms with van der Waals surface area (Å²) in [5, 5.41) is 1.97. The molecule has 0 bridgehead atoms. The molecule has 5 aromatic heterocycles. The first-order chi connectivity index (χ1) is 23.5. The van der Waals surface area contributed by atoms with E-state index in [1.165, 1.54) is 5.56 Å². The van der Waals surface area contributed by atoms with E-state index in [2.05, 4.69) is 87.5 Å². The molecule has 0 amide bonds. The number of pyridine rings is 3. The van der Waals surface area contributed by atoms with E-state index in [0.29, 0.717) is 5.71 Å². The number of aryl methyl sites for hydroxylation is 1. The van der Waals surface area contributed by atoms with Crippen LogP contribution >= 0.6 is 0 Å². The summed E-state index contributed by atoms with van der Waals surface area (Å²) in [4.78, 5) is 19.1. The zero-order valence-electron chi connectivity index (χ0n) is 29.4. The van der Waals surface area contributed by atoms with Crippen molar-refractivity contribution in [2.24, 2.45) is 7.05 Å². The van der Waals surface area contributed by atoms with Gasteiger partial charge in [0, 0.05) is 49.8 Å². The molecule has 8 aromatic rings. The van der Waals surface area contributed by atoms with Crippen molar-refractivity contribution in [1.29, 1.82) is 0 Å². The Morgan fingerprint density at radius 2 is 1.44 bits per heavy atom. The van der Waals surface area contributed by atoms with Crippen LogP contribution in [0.4, 0.5) is 0 Å². The fourth-order valence-corrected chi connectivity index (χ4v) is 5.85. The topological polar surface area (TPSA) is 69.6 Å². The maximum Gasteiger partial charge on any atom is 0.216 e. The fraction of sp³-hybridized carbons (Fsp3) is 0.209. The van der Waals surface area contributed by atoms with Gasteiger partial charge in [0.15, 0.2) is 0 Å². The number of hydrogen-bond donors (Lipinski definition) is 0. The zero-order chi connectivity index (χ0) is 34.3. The van der Waals surface area contributed by atoms with E-state index in [9.17, 15) is 0 Å². The molecule has 7 heteroatoms. The number of aromatic nitrogens is 5. The molecule has 0 saturated carbocycles. The van der Waals surface area contributed by atoms with E-state index in [0.717, 1.165) is 67.1 Å². The second kappa shape index (κ2) is 13.7. The summed E-state index contributed by atoms with van der Waals surface area (Å²) in [5.41, 5.74) is 10.1. The standard InChI is InChI=1S/C32H31N4O.C11H8N.Ir/c1-31(2,3)19-17-25(33-27(18-19)32(4,5)6)23-16-15-21-20-11-10-12-22(28(20)37-30(21)35-23)29-34-24-13-8-9-14-26(24)36(29)7;1-2-6-10(7-3-1)11-8-4-5-9-12-11;/h8-11,13-18H,1-7H3;1-6,8-9H;/q2*-1;. The van der Waals surface area contributed by atoms with Gasteiger partial charge in [-0.1, -0.05) is 76.8 Å². The average molecular weight is 834 g/mol. The molecule has 0 atom stereocenters. The summed E-state index contributed by atoms with van der Waals surface area (Å²) < 4.78 is 8.51. The molecule has 0 spiro atoms. The van der Waals surface area contributed by atoms with Crippen LogP contribution in [0.3, 0.4) is 0 Å². The maximum absolute atomic E-state index is 6.42. The molecular formula is C43H39IrN5O-2. The van der Waals surface area contributed by atoms with Crippen molar-refractivity contribution in [3.63, 3.8) is 0 Å². The number of furan rings is 1. The van der Waals surface area contributed by atoms with E-state index in [4.69, 9.17) is 19.4 Å². The fourth-order valence-electron chi connectivity index (χ4n) is 5.85. The molecule has 0 aliphatic carbocycles. The van der Waals surface area contributed by atoms with Crippen LogP contribution < -0.4 is 0 Å². The minimum atomic E-state index is -0.0736. The predicted octanol–water partition coefficient (Wildman–Crippen LogP) is 10.5. The van der Waals surface area contributed by atoms with E-state index in [1.807, 2.05) is 85.9 Å². The van der Waals surface area contributed by atoms with Crippen molar-refractivity contribution < 1.29 is 24.5 Å². The average Bonchev–Trinajstić information content (AvgIpc) is 3.65. The first-order valence-corrected chi connectivity index (χ1v) is 16.5. The number of nitrogens with zero attached hydrogens (tertiary/aromatic N) is 5. The Morgan fingerprint density at radius 3 is 2.14 bits per heavy atom. The maximum atomic E-state index is 6.42. The Morgan fingerprint density at radius 1 is 0.660 bits per heavy atom. The molecule has 8 rings (SSSR count). The van der Waals surface area contributed by atoms with Crippen LogP contribution in [0.2, 0.25) is 0 Å². The van der Waals surface area contributed by atoms with Gasteiger partial charge >= 0.3 is 0 Å². The zero-order valence-corrected chi connectivity index (χ0v) is 31.8. The first-order valence-electron chi connectivity index (χ1n) is 16.5. The van der Waals surface area contributed by atoms with Crippen molar-refractivity contribution in [1.82, 2.24) is 24.5 Å². The molecule has 253 valence electrons. The Labute approximate surface area is 307 Å². The summed E-state index contributed by atoms with van der Waals surface area (Å²) in [7, 11) is 2.02. The van der Waals surface area contributed by atoms with Gasteiger partial charge < -0.3 is 14.0 Å². The monoisotopic (exact) mass is 834 g/mol. The smallest absolute Gasteiger partial charge is 0.216 e.